The summed E-state index contributed by atoms with van der Waals surface area (Å²) in [5.74, 6) is -0.302. The summed E-state index contributed by atoms with van der Waals surface area (Å²) in [7, 11) is 5.36. The van der Waals surface area contributed by atoms with Crippen LogP contribution in [0.4, 0.5) is 4.39 Å². The topological polar surface area (TPSA) is 61.4 Å². The van der Waals surface area contributed by atoms with Crippen molar-refractivity contribution in [3.8, 4) is 0 Å². The van der Waals surface area contributed by atoms with Crippen LogP contribution in [0.2, 0.25) is 0 Å². The number of hydrogen-bond donors (Lipinski definition) is 2. The first-order valence-electron chi connectivity index (χ1n) is 10.3. The van der Waals surface area contributed by atoms with E-state index < -0.39 is 11.7 Å². The molecule has 4 atom stereocenters. The normalized spacial score (nSPS) is 21.2. The molecule has 1 aliphatic carbocycles. The zero-order valence-electron chi connectivity index (χ0n) is 18.0. The van der Waals surface area contributed by atoms with Gasteiger partial charge in [0.25, 0.3) is 5.91 Å². The minimum absolute atomic E-state index is 0.000466. The van der Waals surface area contributed by atoms with Gasteiger partial charge in [0, 0.05) is 25.6 Å². The molecule has 3 rings (SSSR count). The molecule has 0 heterocycles. The standard InChI is InChI=1S/C24H30FN3O2/c1-15-21(17-8-6-5-7-9-17)22(15)24(30)27-14-18(28(3)4)12-16-10-11-19(20(25)13-16)23(29)26-2/h5-11,13,15,18,21-22H,12,14H2,1-4H3,(H,26,29)(H,27,30)/t15?,18-,21?,22?/m0/s1. The lowest BCUT2D eigenvalue weighted by molar-refractivity contribution is -0.122. The molecule has 2 aromatic rings. The van der Waals surface area contributed by atoms with Crippen molar-refractivity contribution in [1.29, 1.82) is 0 Å². The summed E-state index contributed by atoms with van der Waals surface area (Å²) in [6.45, 7) is 2.59. The van der Waals surface area contributed by atoms with Gasteiger partial charge in [-0.25, -0.2) is 4.39 Å². The van der Waals surface area contributed by atoms with Gasteiger partial charge < -0.3 is 15.5 Å². The van der Waals surface area contributed by atoms with Gasteiger partial charge >= 0.3 is 0 Å². The molecule has 0 aliphatic heterocycles. The molecule has 3 unspecified atom stereocenters. The van der Waals surface area contributed by atoms with Gasteiger partial charge in [-0.05, 0) is 55.6 Å². The van der Waals surface area contributed by atoms with Crippen molar-refractivity contribution in [2.75, 3.05) is 27.7 Å². The maximum absolute atomic E-state index is 14.3. The van der Waals surface area contributed by atoms with E-state index in [1.807, 2.05) is 37.2 Å². The molecule has 2 amide bonds. The molecule has 6 heteroatoms. The highest BCUT2D eigenvalue weighted by Crippen LogP contribution is 2.53. The number of hydrogen-bond acceptors (Lipinski definition) is 3. The average molecular weight is 412 g/mol. The van der Waals surface area contributed by atoms with Gasteiger partial charge in [0.1, 0.15) is 5.82 Å². The van der Waals surface area contributed by atoms with Crippen LogP contribution >= 0.6 is 0 Å². The molecule has 0 saturated heterocycles. The molecule has 160 valence electrons. The quantitative estimate of drug-likeness (QED) is 0.702. The first kappa shape index (κ1) is 22.0. The van der Waals surface area contributed by atoms with Gasteiger partial charge in [-0.1, -0.05) is 43.3 Å². The monoisotopic (exact) mass is 411 g/mol. The third kappa shape index (κ3) is 4.87. The first-order chi connectivity index (χ1) is 14.3. The van der Waals surface area contributed by atoms with Crippen molar-refractivity contribution >= 4 is 11.8 Å². The summed E-state index contributed by atoms with van der Waals surface area (Å²) in [5, 5.41) is 5.53. The molecular weight excluding hydrogens is 381 g/mol. The van der Waals surface area contributed by atoms with Gasteiger partial charge in [0.05, 0.1) is 5.56 Å². The zero-order valence-corrected chi connectivity index (χ0v) is 18.0. The van der Waals surface area contributed by atoms with E-state index in [1.165, 1.54) is 24.7 Å². The fourth-order valence-electron chi connectivity index (χ4n) is 4.10. The van der Waals surface area contributed by atoms with Gasteiger partial charge in [-0.3, -0.25) is 9.59 Å². The second-order valence-electron chi connectivity index (χ2n) is 8.28. The number of likely N-dealkylation sites (N-methyl/N-ethyl adjacent to an activating group) is 1. The highest BCUT2D eigenvalue weighted by Gasteiger charge is 2.52. The molecule has 1 saturated carbocycles. The minimum atomic E-state index is -0.536. The summed E-state index contributed by atoms with van der Waals surface area (Å²) in [5.41, 5.74) is 2.03. The van der Waals surface area contributed by atoms with Crippen LogP contribution in [0, 0.1) is 17.7 Å². The van der Waals surface area contributed by atoms with Gasteiger partial charge in [0.15, 0.2) is 0 Å². The van der Waals surface area contributed by atoms with Crippen molar-refractivity contribution in [2.45, 2.75) is 25.3 Å². The number of halogens is 1. The van der Waals surface area contributed by atoms with Crippen LogP contribution in [0.1, 0.15) is 34.3 Å². The van der Waals surface area contributed by atoms with Gasteiger partial charge in [-0.15, -0.1) is 0 Å². The minimum Gasteiger partial charge on any atom is -0.355 e. The van der Waals surface area contributed by atoms with E-state index >= 15 is 0 Å². The molecule has 2 aromatic carbocycles. The Morgan fingerprint density at radius 3 is 2.43 bits per heavy atom. The maximum atomic E-state index is 14.3. The molecule has 1 aliphatic rings. The Hall–Kier alpha value is -2.73. The molecular formula is C24H30FN3O2. The van der Waals surface area contributed by atoms with Crippen molar-refractivity contribution in [3.63, 3.8) is 0 Å². The van der Waals surface area contributed by atoms with Crippen LogP contribution in [0.15, 0.2) is 48.5 Å². The summed E-state index contributed by atoms with van der Waals surface area (Å²) < 4.78 is 14.3. The Balaban J connectivity index is 1.59. The van der Waals surface area contributed by atoms with Crippen LogP contribution in [0.5, 0.6) is 0 Å². The number of amides is 2. The molecule has 1 fully saturated rings. The molecule has 0 aromatic heterocycles. The largest absolute Gasteiger partial charge is 0.355 e. The molecule has 30 heavy (non-hydrogen) atoms. The average Bonchev–Trinajstić information content (AvgIpc) is 3.41. The Labute approximate surface area is 177 Å². The Kier molecular flexibility index (Phi) is 6.87. The van der Waals surface area contributed by atoms with E-state index in [0.29, 0.717) is 18.9 Å². The predicted octanol–water partition coefficient (Wildman–Crippen LogP) is 2.82. The van der Waals surface area contributed by atoms with Gasteiger partial charge in [0.2, 0.25) is 5.91 Å². The molecule has 0 radical (unpaired) electrons. The van der Waals surface area contributed by atoms with E-state index in [9.17, 15) is 14.0 Å². The van der Waals surface area contributed by atoms with Crippen molar-refractivity contribution in [3.05, 3.63) is 71.0 Å². The van der Waals surface area contributed by atoms with Crippen LogP contribution in [-0.2, 0) is 11.2 Å². The molecule has 0 spiro atoms. The maximum Gasteiger partial charge on any atom is 0.253 e. The fraction of sp³-hybridized carbons (Fsp3) is 0.417. The van der Waals surface area contributed by atoms with E-state index in [1.54, 1.807) is 6.07 Å². The van der Waals surface area contributed by atoms with Crippen LogP contribution in [0.3, 0.4) is 0 Å². The number of rotatable bonds is 8. The molecule has 5 nitrogen and oxygen atoms in total. The smallest absolute Gasteiger partial charge is 0.253 e. The van der Waals surface area contributed by atoms with Crippen LogP contribution < -0.4 is 10.6 Å². The zero-order chi connectivity index (χ0) is 21.8. The van der Waals surface area contributed by atoms with Crippen molar-refractivity contribution in [2.24, 2.45) is 11.8 Å². The summed E-state index contributed by atoms with van der Waals surface area (Å²) >= 11 is 0. The Morgan fingerprint density at radius 1 is 1.13 bits per heavy atom. The first-order valence-corrected chi connectivity index (χ1v) is 10.3. The lowest BCUT2D eigenvalue weighted by atomic mass is 10.0. The van der Waals surface area contributed by atoms with E-state index in [4.69, 9.17) is 0 Å². The van der Waals surface area contributed by atoms with Crippen molar-refractivity contribution < 1.29 is 14.0 Å². The number of nitrogens with one attached hydrogen (secondary N) is 2. The fourth-order valence-corrected chi connectivity index (χ4v) is 4.10. The molecule has 0 bridgehead atoms. The summed E-state index contributed by atoms with van der Waals surface area (Å²) in [6, 6.07) is 14.8. The van der Waals surface area contributed by atoms with E-state index in [2.05, 4.69) is 29.7 Å². The third-order valence-electron chi connectivity index (χ3n) is 6.08. The lowest BCUT2D eigenvalue weighted by Crippen LogP contribution is -2.42. The number of carbonyl (C=O) groups excluding carboxylic acids is 2. The third-order valence-corrected chi connectivity index (χ3v) is 6.08. The second-order valence-corrected chi connectivity index (χ2v) is 8.28. The Morgan fingerprint density at radius 2 is 1.83 bits per heavy atom. The summed E-state index contributed by atoms with van der Waals surface area (Å²) in [6.07, 6.45) is 0.570. The van der Waals surface area contributed by atoms with Crippen LogP contribution in [0.25, 0.3) is 0 Å². The number of carbonyl (C=O) groups is 2. The highest BCUT2D eigenvalue weighted by atomic mass is 19.1. The Bertz CT molecular complexity index is 901. The van der Waals surface area contributed by atoms with Gasteiger partial charge in [-0.2, -0.15) is 0 Å². The second kappa shape index (κ2) is 9.39. The molecule has 2 N–H and O–H groups in total. The van der Waals surface area contributed by atoms with E-state index in [0.717, 1.165) is 5.56 Å². The van der Waals surface area contributed by atoms with Crippen molar-refractivity contribution in [1.82, 2.24) is 15.5 Å². The highest BCUT2D eigenvalue weighted by molar-refractivity contribution is 5.94. The number of benzene rings is 2. The van der Waals surface area contributed by atoms with E-state index in [-0.39, 0.29) is 29.3 Å². The van der Waals surface area contributed by atoms with Crippen LogP contribution in [-0.4, -0.2) is 50.4 Å². The summed E-state index contributed by atoms with van der Waals surface area (Å²) in [4.78, 5) is 26.4. The predicted molar refractivity (Wildman–Crippen MR) is 116 cm³/mol. The lowest BCUT2D eigenvalue weighted by Gasteiger charge is -2.25. The number of nitrogens with zero attached hydrogens (tertiary/aromatic N) is 1. The SMILES string of the molecule is CNC(=O)c1ccc(C[C@@H](CNC(=O)C2C(C)C2c2ccccc2)N(C)C)cc1F.